The molecule has 0 radical (unpaired) electrons. The number of pyridine rings is 1. The van der Waals surface area contributed by atoms with Gasteiger partial charge in [-0.05, 0) is 49.2 Å². The number of halogens is 1. The van der Waals surface area contributed by atoms with Gasteiger partial charge in [0, 0.05) is 16.4 Å². The topological polar surface area (TPSA) is 80.0 Å². The smallest absolute Gasteiger partial charge is 0.259 e. The number of aryl methyl sites for hydroxylation is 2. The second kappa shape index (κ2) is 6.02. The Hall–Kier alpha value is -1.92. The third-order valence-electron chi connectivity index (χ3n) is 2.93. The van der Waals surface area contributed by atoms with Crippen molar-refractivity contribution < 1.29 is 4.79 Å². The van der Waals surface area contributed by atoms with Crippen molar-refractivity contribution in [2.75, 3.05) is 10.7 Å². The zero-order chi connectivity index (χ0) is 14.7. The van der Waals surface area contributed by atoms with Crippen LogP contribution in [0.1, 0.15) is 21.5 Å². The summed E-state index contributed by atoms with van der Waals surface area (Å²) in [5, 5.41) is 2.90. The predicted octanol–water partition coefficient (Wildman–Crippen LogP) is 3.00. The van der Waals surface area contributed by atoms with Crippen LogP contribution in [-0.2, 0) is 0 Å². The van der Waals surface area contributed by atoms with Crippen LogP contribution < -0.4 is 16.6 Å². The minimum absolute atomic E-state index is 0.250. The molecule has 0 bridgehead atoms. The van der Waals surface area contributed by atoms with Gasteiger partial charge in [0.05, 0.1) is 5.56 Å². The van der Waals surface area contributed by atoms with Gasteiger partial charge in [-0.25, -0.2) is 10.8 Å². The molecule has 1 amide bonds. The monoisotopic (exact) mass is 334 g/mol. The number of hydrogen-bond donors (Lipinski definition) is 3. The third kappa shape index (κ3) is 2.97. The van der Waals surface area contributed by atoms with Crippen LogP contribution in [0.25, 0.3) is 0 Å². The quantitative estimate of drug-likeness (QED) is 0.595. The fraction of sp³-hybridized carbons (Fsp3) is 0.143. The van der Waals surface area contributed by atoms with Crippen molar-refractivity contribution in [3.8, 4) is 0 Å². The van der Waals surface area contributed by atoms with Crippen molar-refractivity contribution >= 4 is 33.3 Å². The molecular weight excluding hydrogens is 320 g/mol. The minimum Gasteiger partial charge on any atom is -0.321 e. The van der Waals surface area contributed by atoms with E-state index in [-0.39, 0.29) is 5.91 Å². The van der Waals surface area contributed by atoms with E-state index in [1.54, 1.807) is 18.3 Å². The van der Waals surface area contributed by atoms with Crippen molar-refractivity contribution in [3.05, 3.63) is 51.6 Å². The van der Waals surface area contributed by atoms with E-state index in [1.165, 1.54) is 0 Å². The SMILES string of the molecule is Cc1cc(Br)cc(C)c1NC(=O)c1cccnc1NN. The van der Waals surface area contributed by atoms with Crippen molar-refractivity contribution in [3.63, 3.8) is 0 Å². The van der Waals surface area contributed by atoms with Crippen LogP contribution in [-0.4, -0.2) is 10.9 Å². The lowest BCUT2D eigenvalue weighted by Crippen LogP contribution is -2.19. The van der Waals surface area contributed by atoms with E-state index in [4.69, 9.17) is 5.84 Å². The Morgan fingerprint density at radius 3 is 2.55 bits per heavy atom. The highest BCUT2D eigenvalue weighted by atomic mass is 79.9. The first-order valence-electron chi connectivity index (χ1n) is 6.02. The van der Waals surface area contributed by atoms with E-state index in [9.17, 15) is 4.79 Å². The summed E-state index contributed by atoms with van der Waals surface area (Å²) in [4.78, 5) is 16.3. The Balaban J connectivity index is 2.33. The number of nitrogens with zero attached hydrogens (tertiary/aromatic N) is 1. The first-order chi connectivity index (χ1) is 9.52. The molecule has 0 aliphatic heterocycles. The van der Waals surface area contributed by atoms with Crippen LogP contribution in [0.5, 0.6) is 0 Å². The Kier molecular flexibility index (Phi) is 4.36. The lowest BCUT2D eigenvalue weighted by molar-refractivity contribution is 0.102. The Morgan fingerprint density at radius 2 is 1.95 bits per heavy atom. The number of carbonyl (C=O) groups excluding carboxylic acids is 1. The number of aromatic nitrogens is 1. The third-order valence-corrected chi connectivity index (χ3v) is 3.38. The Bertz CT molecular complexity index is 634. The molecule has 0 fully saturated rings. The maximum absolute atomic E-state index is 12.3. The number of benzene rings is 1. The molecule has 0 saturated heterocycles. The number of rotatable bonds is 3. The highest BCUT2D eigenvalue weighted by molar-refractivity contribution is 9.10. The molecule has 4 N–H and O–H groups in total. The van der Waals surface area contributed by atoms with Crippen molar-refractivity contribution in [2.45, 2.75) is 13.8 Å². The number of nitrogen functional groups attached to an aromatic ring is 1. The molecule has 1 aromatic heterocycles. The minimum atomic E-state index is -0.250. The fourth-order valence-corrected chi connectivity index (χ4v) is 2.68. The average molecular weight is 335 g/mol. The van der Waals surface area contributed by atoms with Crippen molar-refractivity contribution in [1.82, 2.24) is 4.98 Å². The van der Waals surface area contributed by atoms with Gasteiger partial charge in [-0.3, -0.25) is 4.79 Å². The lowest BCUT2D eigenvalue weighted by Gasteiger charge is -2.13. The van der Waals surface area contributed by atoms with Crippen molar-refractivity contribution in [1.29, 1.82) is 0 Å². The van der Waals surface area contributed by atoms with E-state index in [0.29, 0.717) is 11.4 Å². The molecule has 2 rings (SSSR count). The summed E-state index contributed by atoms with van der Waals surface area (Å²) in [5.74, 6) is 5.46. The number of hydrogen-bond acceptors (Lipinski definition) is 4. The molecule has 5 nitrogen and oxygen atoms in total. The molecule has 1 heterocycles. The maximum atomic E-state index is 12.3. The second-order valence-corrected chi connectivity index (χ2v) is 5.33. The number of nitrogens with two attached hydrogens (primary N) is 1. The highest BCUT2D eigenvalue weighted by Gasteiger charge is 2.14. The van der Waals surface area contributed by atoms with Gasteiger partial charge in [-0.15, -0.1) is 0 Å². The highest BCUT2D eigenvalue weighted by Crippen LogP contribution is 2.26. The summed E-state index contributed by atoms with van der Waals surface area (Å²) in [7, 11) is 0. The molecule has 1 aromatic carbocycles. The molecule has 0 saturated carbocycles. The summed E-state index contributed by atoms with van der Waals surface area (Å²) in [5.41, 5.74) is 5.58. The number of anilines is 2. The van der Waals surface area contributed by atoms with Crippen LogP contribution in [0, 0.1) is 13.8 Å². The van der Waals surface area contributed by atoms with Crippen LogP contribution in [0.15, 0.2) is 34.9 Å². The standard InChI is InChI=1S/C14H15BrN4O/c1-8-6-10(15)7-9(2)12(8)18-14(20)11-4-3-5-17-13(11)19-16/h3-7H,16H2,1-2H3,(H,17,19)(H,18,20). The van der Waals surface area contributed by atoms with Crippen LogP contribution >= 0.6 is 15.9 Å². The predicted molar refractivity (Wildman–Crippen MR) is 83.6 cm³/mol. The summed E-state index contributed by atoms with van der Waals surface area (Å²) < 4.78 is 0.983. The Morgan fingerprint density at radius 1 is 1.30 bits per heavy atom. The normalized spacial score (nSPS) is 10.2. The number of nitrogens with one attached hydrogen (secondary N) is 2. The van der Waals surface area contributed by atoms with Gasteiger partial charge in [0.15, 0.2) is 5.82 Å². The summed E-state index contributed by atoms with van der Waals surface area (Å²) >= 11 is 3.43. The Labute approximate surface area is 125 Å². The van der Waals surface area contributed by atoms with Gasteiger partial charge in [-0.1, -0.05) is 15.9 Å². The lowest BCUT2D eigenvalue weighted by atomic mass is 10.1. The second-order valence-electron chi connectivity index (χ2n) is 4.41. The van der Waals surface area contributed by atoms with Crippen LogP contribution in [0.2, 0.25) is 0 Å². The van der Waals surface area contributed by atoms with Crippen LogP contribution in [0.4, 0.5) is 11.5 Å². The molecule has 0 aliphatic carbocycles. The molecule has 104 valence electrons. The zero-order valence-electron chi connectivity index (χ0n) is 11.2. The number of carbonyl (C=O) groups is 1. The molecule has 0 aliphatic rings. The van der Waals surface area contributed by atoms with Gasteiger partial charge in [-0.2, -0.15) is 0 Å². The van der Waals surface area contributed by atoms with Crippen molar-refractivity contribution in [2.24, 2.45) is 5.84 Å². The largest absolute Gasteiger partial charge is 0.321 e. The van der Waals surface area contributed by atoms with Crippen LogP contribution in [0.3, 0.4) is 0 Å². The summed E-state index contributed by atoms with van der Waals surface area (Å²) in [6.45, 7) is 3.89. The molecule has 6 heteroatoms. The molecule has 0 spiro atoms. The molecule has 20 heavy (non-hydrogen) atoms. The fourth-order valence-electron chi connectivity index (χ4n) is 1.99. The molecule has 0 atom stereocenters. The van der Waals surface area contributed by atoms with Gasteiger partial charge < -0.3 is 10.7 Å². The first-order valence-corrected chi connectivity index (χ1v) is 6.82. The van der Waals surface area contributed by atoms with E-state index in [1.807, 2.05) is 26.0 Å². The summed E-state index contributed by atoms with van der Waals surface area (Å²) in [6, 6.07) is 7.26. The summed E-state index contributed by atoms with van der Waals surface area (Å²) in [6.07, 6.45) is 1.57. The molecular formula is C14H15BrN4O. The van der Waals surface area contributed by atoms with Gasteiger partial charge in [0.1, 0.15) is 0 Å². The van der Waals surface area contributed by atoms with Gasteiger partial charge >= 0.3 is 0 Å². The van der Waals surface area contributed by atoms with E-state index in [2.05, 4.69) is 31.7 Å². The number of hydrazine groups is 1. The van der Waals surface area contributed by atoms with Gasteiger partial charge in [0.2, 0.25) is 0 Å². The van der Waals surface area contributed by atoms with Gasteiger partial charge in [0.25, 0.3) is 5.91 Å². The van der Waals surface area contributed by atoms with E-state index in [0.717, 1.165) is 21.3 Å². The van der Waals surface area contributed by atoms with E-state index < -0.39 is 0 Å². The first kappa shape index (κ1) is 14.5. The number of amides is 1. The molecule has 0 unspecified atom stereocenters. The maximum Gasteiger partial charge on any atom is 0.259 e. The molecule has 2 aromatic rings. The zero-order valence-corrected chi connectivity index (χ0v) is 12.8. The average Bonchev–Trinajstić information content (AvgIpc) is 2.42. The van der Waals surface area contributed by atoms with E-state index >= 15 is 0 Å².